The Kier molecular flexibility index (Phi) is 5.98. The monoisotopic (exact) mass is 310 g/mol. The fourth-order valence-corrected chi connectivity index (χ4v) is 2.20. The number of thiazole rings is 1. The van der Waals surface area contributed by atoms with Crippen molar-refractivity contribution in [3.63, 3.8) is 0 Å². The van der Waals surface area contributed by atoms with Gasteiger partial charge in [-0.2, -0.15) is 0 Å². The number of nitrogens with zero attached hydrogens (tertiary/aromatic N) is 1. The Morgan fingerprint density at radius 3 is 2.43 bits per heavy atom. The number of nitrogens with one attached hydrogen (secondary N) is 1. The Morgan fingerprint density at radius 2 is 2.05 bits per heavy atom. The van der Waals surface area contributed by atoms with Gasteiger partial charge in [0.1, 0.15) is 5.82 Å². The second-order valence-electron chi connectivity index (χ2n) is 4.20. The highest BCUT2D eigenvalue weighted by atomic mass is 32.1. The van der Waals surface area contributed by atoms with Crippen molar-refractivity contribution < 1.29 is 19.1 Å². The Labute approximate surface area is 125 Å². The summed E-state index contributed by atoms with van der Waals surface area (Å²) in [7, 11) is 0. The summed E-state index contributed by atoms with van der Waals surface area (Å²) in [5.74, 6) is -2.18. The lowest BCUT2D eigenvalue weighted by atomic mass is 10.1. The van der Waals surface area contributed by atoms with Crippen molar-refractivity contribution in [3.05, 3.63) is 45.2 Å². The lowest BCUT2D eigenvalue weighted by molar-refractivity contribution is -0.105. The van der Waals surface area contributed by atoms with Crippen LogP contribution in [-0.4, -0.2) is 22.5 Å². The predicted molar refractivity (Wildman–Crippen MR) is 79.4 cm³/mol. The Balaban J connectivity index is 0.000000262. The van der Waals surface area contributed by atoms with Gasteiger partial charge in [0.2, 0.25) is 6.41 Å². The van der Waals surface area contributed by atoms with Crippen molar-refractivity contribution in [2.45, 2.75) is 20.8 Å². The smallest absolute Gasteiger partial charge is 0.338 e. The number of carboxylic acid groups (broad SMARTS) is 1. The second-order valence-corrected chi connectivity index (χ2v) is 5.64. The largest absolute Gasteiger partial charge is 0.478 e. The average molecular weight is 310 g/mol. The number of carbonyl (C=O) groups is 2. The molecule has 21 heavy (non-hydrogen) atoms. The molecule has 0 bridgehead atoms. The quantitative estimate of drug-likeness (QED) is 0.853. The van der Waals surface area contributed by atoms with Gasteiger partial charge in [0.05, 0.1) is 10.6 Å². The van der Waals surface area contributed by atoms with Gasteiger partial charge in [-0.25, -0.2) is 14.2 Å². The van der Waals surface area contributed by atoms with Gasteiger partial charge < -0.3 is 10.4 Å². The first kappa shape index (κ1) is 16.8. The minimum Gasteiger partial charge on any atom is -0.478 e. The molecule has 2 N–H and O–H groups in total. The van der Waals surface area contributed by atoms with Gasteiger partial charge in [-0.1, -0.05) is 0 Å². The first-order valence-electron chi connectivity index (χ1n) is 5.97. The van der Waals surface area contributed by atoms with Crippen LogP contribution in [0.1, 0.15) is 25.8 Å². The maximum Gasteiger partial charge on any atom is 0.338 e. The van der Waals surface area contributed by atoms with Gasteiger partial charge in [0, 0.05) is 16.8 Å². The molecular formula is C14H15FN2O3S. The fraction of sp³-hybridized carbons (Fsp3) is 0.214. The molecule has 0 aliphatic carbocycles. The van der Waals surface area contributed by atoms with E-state index in [2.05, 4.69) is 17.2 Å². The van der Waals surface area contributed by atoms with Crippen LogP contribution in [0.15, 0.2) is 18.3 Å². The maximum atomic E-state index is 13.0. The minimum absolute atomic E-state index is 0.291. The van der Waals surface area contributed by atoms with E-state index < -0.39 is 17.3 Å². The molecular weight excluding hydrogens is 295 g/mol. The summed E-state index contributed by atoms with van der Waals surface area (Å²) >= 11 is 1.73. The van der Waals surface area contributed by atoms with E-state index in [0.717, 1.165) is 17.1 Å². The summed E-state index contributed by atoms with van der Waals surface area (Å²) in [6, 6.07) is 2.15. The molecule has 0 atom stereocenters. The van der Waals surface area contributed by atoms with Gasteiger partial charge in [-0.15, -0.1) is 11.3 Å². The highest BCUT2D eigenvalue weighted by Crippen LogP contribution is 2.19. The molecule has 0 spiro atoms. The van der Waals surface area contributed by atoms with Crippen LogP contribution in [0.4, 0.5) is 10.1 Å². The first-order valence-corrected chi connectivity index (χ1v) is 6.79. The van der Waals surface area contributed by atoms with E-state index in [1.54, 1.807) is 18.3 Å². The maximum absolute atomic E-state index is 13.0. The molecule has 5 nitrogen and oxygen atoms in total. The molecule has 0 aliphatic rings. The van der Waals surface area contributed by atoms with E-state index in [1.807, 2.05) is 13.1 Å². The molecule has 0 fully saturated rings. The van der Waals surface area contributed by atoms with Crippen molar-refractivity contribution in [2.75, 3.05) is 5.32 Å². The number of anilines is 1. The minimum atomic E-state index is -1.36. The van der Waals surface area contributed by atoms with E-state index in [4.69, 9.17) is 5.11 Å². The molecule has 0 aliphatic heterocycles. The average Bonchev–Trinajstić information content (AvgIpc) is 2.77. The first-order chi connectivity index (χ1) is 9.85. The number of hydrogen-bond donors (Lipinski definition) is 2. The molecule has 0 unspecified atom stereocenters. The third-order valence-corrected chi connectivity index (χ3v) is 3.32. The molecule has 1 aromatic heterocycles. The van der Waals surface area contributed by atoms with Crippen molar-refractivity contribution in [2.24, 2.45) is 0 Å². The van der Waals surface area contributed by atoms with Crippen LogP contribution in [0.5, 0.6) is 0 Å². The number of aryl methyl sites for hydroxylation is 3. The van der Waals surface area contributed by atoms with Crippen LogP contribution in [0.25, 0.3) is 0 Å². The number of amides is 1. The molecule has 2 rings (SSSR count). The highest BCUT2D eigenvalue weighted by molar-refractivity contribution is 7.11. The van der Waals surface area contributed by atoms with Crippen molar-refractivity contribution in [3.8, 4) is 0 Å². The van der Waals surface area contributed by atoms with Crippen LogP contribution in [0.2, 0.25) is 0 Å². The van der Waals surface area contributed by atoms with Crippen LogP contribution < -0.4 is 5.32 Å². The van der Waals surface area contributed by atoms with Crippen molar-refractivity contribution in [1.82, 2.24) is 4.98 Å². The number of aromatic carboxylic acids is 1. The molecule has 1 heterocycles. The Morgan fingerprint density at radius 1 is 1.38 bits per heavy atom. The lowest BCUT2D eigenvalue weighted by Crippen LogP contribution is -2.04. The van der Waals surface area contributed by atoms with Crippen LogP contribution in [-0.2, 0) is 4.79 Å². The second kappa shape index (κ2) is 7.49. The number of benzene rings is 1. The summed E-state index contributed by atoms with van der Waals surface area (Å²) in [6.45, 7) is 5.64. The molecule has 0 radical (unpaired) electrons. The van der Waals surface area contributed by atoms with Crippen LogP contribution in [0.3, 0.4) is 0 Å². The van der Waals surface area contributed by atoms with Crippen LogP contribution in [0, 0.1) is 26.6 Å². The lowest BCUT2D eigenvalue weighted by Gasteiger charge is -2.05. The number of carboxylic acids is 1. The molecule has 7 heteroatoms. The number of aromatic nitrogens is 1. The topological polar surface area (TPSA) is 79.3 Å². The van der Waals surface area contributed by atoms with Gasteiger partial charge in [0.15, 0.2) is 0 Å². The van der Waals surface area contributed by atoms with Gasteiger partial charge in [0.25, 0.3) is 0 Å². The Bertz CT molecular complexity index is 639. The third kappa shape index (κ3) is 4.96. The molecule has 0 saturated carbocycles. The van der Waals surface area contributed by atoms with Gasteiger partial charge in [-0.05, 0) is 38.5 Å². The standard InChI is InChI=1S/C9H8FNO3.C5H7NS/c1-5-2-7(10)6(9(13)14)3-8(5)11-4-12;1-4-3-6-5(2)7-4/h2-4H,1H3,(H,11,12)(H,13,14);3H,1-2H3. The Hall–Kier alpha value is -2.28. The summed E-state index contributed by atoms with van der Waals surface area (Å²) < 4.78 is 13.0. The normalized spacial score (nSPS) is 9.52. The SMILES string of the molecule is Cc1cc(F)c(C(=O)O)cc1NC=O.Cc1cnc(C)s1. The van der Waals surface area contributed by atoms with E-state index in [9.17, 15) is 14.0 Å². The molecule has 1 amide bonds. The van der Waals surface area contributed by atoms with E-state index in [-0.39, 0.29) is 0 Å². The zero-order valence-electron chi connectivity index (χ0n) is 11.8. The number of rotatable bonds is 3. The fourth-order valence-electron chi connectivity index (χ4n) is 1.52. The number of hydrogen-bond acceptors (Lipinski definition) is 4. The van der Waals surface area contributed by atoms with Crippen molar-refractivity contribution in [1.29, 1.82) is 0 Å². The highest BCUT2D eigenvalue weighted by Gasteiger charge is 2.12. The zero-order chi connectivity index (χ0) is 16.0. The summed E-state index contributed by atoms with van der Waals surface area (Å²) in [4.78, 5) is 26.0. The third-order valence-electron chi connectivity index (χ3n) is 2.50. The van der Waals surface area contributed by atoms with Crippen molar-refractivity contribution >= 4 is 29.4 Å². The zero-order valence-corrected chi connectivity index (χ0v) is 12.6. The molecule has 2 aromatic rings. The van der Waals surface area contributed by atoms with Gasteiger partial charge >= 0.3 is 5.97 Å². The van der Waals surface area contributed by atoms with Crippen LogP contribution >= 0.6 is 11.3 Å². The summed E-state index contributed by atoms with van der Waals surface area (Å²) in [6.07, 6.45) is 2.30. The van der Waals surface area contributed by atoms with E-state index >= 15 is 0 Å². The van der Waals surface area contributed by atoms with E-state index in [1.165, 1.54) is 4.88 Å². The summed E-state index contributed by atoms with van der Waals surface area (Å²) in [5.41, 5.74) is 0.304. The number of carbonyl (C=O) groups excluding carboxylic acids is 1. The van der Waals surface area contributed by atoms with Gasteiger partial charge in [-0.3, -0.25) is 4.79 Å². The summed E-state index contributed by atoms with van der Waals surface area (Å²) in [5, 5.41) is 12.0. The molecule has 1 aromatic carbocycles. The van der Waals surface area contributed by atoms with E-state index in [0.29, 0.717) is 17.7 Å². The predicted octanol–water partition coefficient (Wildman–Crippen LogP) is 3.16. The number of halogens is 1. The molecule has 112 valence electrons. The molecule has 0 saturated heterocycles.